The molecule has 19 heavy (non-hydrogen) atoms. The molecule has 0 saturated heterocycles. The van der Waals surface area contributed by atoms with Crippen molar-refractivity contribution in [3.8, 4) is 0 Å². The van der Waals surface area contributed by atoms with Crippen LogP contribution in [-0.4, -0.2) is 4.43 Å². The van der Waals surface area contributed by atoms with Crippen LogP contribution in [0.1, 0.15) is 76.2 Å². The molecule has 0 aromatic carbocycles. The van der Waals surface area contributed by atoms with Gasteiger partial charge in [-0.05, 0) is 32.5 Å². The molecule has 1 aliphatic rings. The number of alkyl halides is 1. The van der Waals surface area contributed by atoms with Crippen LogP contribution in [0.2, 0.25) is 0 Å². The fraction of sp³-hybridized carbons (Fsp3) is 1.00. The smallest absolute Gasteiger partial charge is 0.00599 e. The second-order valence-corrected chi connectivity index (χ2v) is 10.4. The Hall–Kier alpha value is 0.730. The summed E-state index contributed by atoms with van der Waals surface area (Å²) in [4.78, 5) is 0. The molecule has 1 aliphatic carbocycles. The van der Waals surface area contributed by atoms with E-state index in [1.54, 1.807) is 0 Å². The predicted molar refractivity (Wildman–Crippen MR) is 95.9 cm³/mol. The van der Waals surface area contributed by atoms with E-state index in [0.717, 1.165) is 0 Å². The number of halogens is 1. The van der Waals surface area contributed by atoms with E-state index in [-0.39, 0.29) is 5.41 Å². The van der Waals surface area contributed by atoms with Crippen LogP contribution >= 0.6 is 22.6 Å². The van der Waals surface area contributed by atoms with Crippen LogP contribution in [0.5, 0.6) is 0 Å². The van der Waals surface area contributed by atoms with Crippen LogP contribution in [0.15, 0.2) is 0 Å². The van der Waals surface area contributed by atoms with Gasteiger partial charge in [0.05, 0.1) is 0 Å². The van der Waals surface area contributed by atoms with Gasteiger partial charge in [0.25, 0.3) is 0 Å². The SMILES string of the molecule is CC1(C)C(C)(C)C(C)(C)C(C)(CI)C(C)(C)C1(C)C. The standard InChI is InChI=1S/C18H35I/c1-13(2)14(3,4)16(7,8)18(11,12-19)17(9,10)15(13,5)6/h12H2,1-11H3. The van der Waals surface area contributed by atoms with Crippen LogP contribution in [0.4, 0.5) is 0 Å². The summed E-state index contributed by atoms with van der Waals surface area (Å²) in [5, 5.41) is 0. The lowest BCUT2D eigenvalue weighted by Crippen LogP contribution is -2.71. The second kappa shape index (κ2) is 4.14. The third kappa shape index (κ3) is 1.57. The van der Waals surface area contributed by atoms with Crippen LogP contribution in [-0.2, 0) is 0 Å². The molecule has 1 saturated carbocycles. The summed E-state index contributed by atoms with van der Waals surface area (Å²) in [6.45, 7) is 27.5. The van der Waals surface area contributed by atoms with Gasteiger partial charge in [-0.25, -0.2) is 0 Å². The average Bonchev–Trinajstić information content (AvgIpc) is 2.24. The molecule has 0 nitrogen and oxygen atoms in total. The molecule has 0 radical (unpaired) electrons. The molecule has 0 amide bonds. The highest BCUT2D eigenvalue weighted by Crippen LogP contribution is 2.78. The minimum atomic E-state index is 0.290. The highest BCUT2D eigenvalue weighted by atomic mass is 127. The lowest BCUT2D eigenvalue weighted by Gasteiger charge is -2.77. The van der Waals surface area contributed by atoms with Crippen molar-refractivity contribution < 1.29 is 0 Å². The van der Waals surface area contributed by atoms with Crippen molar-refractivity contribution in [3.63, 3.8) is 0 Å². The lowest BCUT2D eigenvalue weighted by molar-refractivity contribution is -0.280. The van der Waals surface area contributed by atoms with Crippen molar-refractivity contribution in [2.24, 2.45) is 32.5 Å². The summed E-state index contributed by atoms with van der Waals surface area (Å²) in [6.07, 6.45) is 0. The van der Waals surface area contributed by atoms with Gasteiger partial charge in [-0.1, -0.05) is 98.8 Å². The predicted octanol–water partition coefficient (Wildman–Crippen LogP) is 6.57. The van der Waals surface area contributed by atoms with E-state index in [2.05, 4.69) is 98.8 Å². The zero-order valence-corrected chi connectivity index (χ0v) is 17.2. The molecule has 0 spiro atoms. The second-order valence-electron chi connectivity index (χ2n) is 9.59. The van der Waals surface area contributed by atoms with Gasteiger partial charge in [0, 0.05) is 4.43 Å². The Balaban J connectivity index is 3.76. The monoisotopic (exact) mass is 378 g/mol. The lowest BCUT2D eigenvalue weighted by atomic mass is 9.28. The molecule has 0 unspecified atom stereocenters. The van der Waals surface area contributed by atoms with Gasteiger partial charge in [-0.15, -0.1) is 0 Å². The summed E-state index contributed by atoms with van der Waals surface area (Å²) in [6, 6.07) is 0. The minimum absolute atomic E-state index is 0.290. The normalized spacial score (nSPS) is 32.8. The van der Waals surface area contributed by atoms with Crippen molar-refractivity contribution in [2.75, 3.05) is 4.43 Å². The van der Waals surface area contributed by atoms with Crippen LogP contribution in [0.3, 0.4) is 0 Å². The summed E-state index contributed by atoms with van der Waals surface area (Å²) in [7, 11) is 0. The molecule has 0 aliphatic heterocycles. The van der Waals surface area contributed by atoms with Gasteiger partial charge < -0.3 is 0 Å². The molecule has 0 heterocycles. The molecule has 0 N–H and O–H groups in total. The maximum absolute atomic E-state index is 2.62. The van der Waals surface area contributed by atoms with E-state index in [9.17, 15) is 0 Å². The van der Waals surface area contributed by atoms with E-state index in [0.29, 0.717) is 27.1 Å². The van der Waals surface area contributed by atoms with Crippen LogP contribution < -0.4 is 0 Å². The van der Waals surface area contributed by atoms with E-state index in [1.165, 1.54) is 4.43 Å². The molecule has 0 aromatic heterocycles. The topological polar surface area (TPSA) is 0 Å². The van der Waals surface area contributed by atoms with Gasteiger partial charge in [0.15, 0.2) is 0 Å². The van der Waals surface area contributed by atoms with Crippen molar-refractivity contribution >= 4 is 22.6 Å². The van der Waals surface area contributed by atoms with Crippen molar-refractivity contribution in [1.82, 2.24) is 0 Å². The van der Waals surface area contributed by atoms with Crippen LogP contribution in [0.25, 0.3) is 0 Å². The first kappa shape index (κ1) is 17.8. The van der Waals surface area contributed by atoms with Gasteiger partial charge in [0.1, 0.15) is 0 Å². The number of hydrogen-bond donors (Lipinski definition) is 0. The Kier molecular flexibility index (Phi) is 3.87. The van der Waals surface area contributed by atoms with Crippen molar-refractivity contribution in [2.45, 2.75) is 76.2 Å². The fourth-order valence-electron chi connectivity index (χ4n) is 4.84. The highest BCUT2D eigenvalue weighted by molar-refractivity contribution is 14.1. The molecule has 1 rings (SSSR count). The molecule has 0 atom stereocenters. The maximum atomic E-state index is 2.62. The Morgan fingerprint density at radius 3 is 0.895 bits per heavy atom. The fourth-order valence-corrected chi connectivity index (χ4v) is 6.75. The zero-order chi connectivity index (χ0) is 15.7. The summed E-state index contributed by atoms with van der Waals surface area (Å²) in [5.41, 5.74) is 1.78. The Morgan fingerprint density at radius 1 is 0.474 bits per heavy atom. The molecule has 1 fully saturated rings. The molecule has 0 bridgehead atoms. The quantitative estimate of drug-likeness (QED) is 0.357. The number of hydrogen-bond acceptors (Lipinski definition) is 0. The Bertz CT molecular complexity index is 339. The molecule has 1 heteroatoms. The molecule has 114 valence electrons. The third-order valence-corrected chi connectivity index (χ3v) is 10.8. The van der Waals surface area contributed by atoms with Crippen molar-refractivity contribution in [1.29, 1.82) is 0 Å². The first-order chi connectivity index (χ1) is 8.06. The summed E-state index contributed by atoms with van der Waals surface area (Å²) in [5.74, 6) is 0. The van der Waals surface area contributed by atoms with Crippen LogP contribution in [0, 0.1) is 32.5 Å². The number of rotatable bonds is 1. The van der Waals surface area contributed by atoms with Gasteiger partial charge in [-0.2, -0.15) is 0 Å². The summed E-state index contributed by atoms with van der Waals surface area (Å²) >= 11 is 2.62. The largest absolute Gasteiger partial charge is 0.0857 e. The van der Waals surface area contributed by atoms with Gasteiger partial charge in [-0.3, -0.25) is 0 Å². The van der Waals surface area contributed by atoms with E-state index in [1.807, 2.05) is 0 Å². The first-order valence-electron chi connectivity index (χ1n) is 7.62. The van der Waals surface area contributed by atoms with E-state index >= 15 is 0 Å². The zero-order valence-electron chi connectivity index (χ0n) is 15.1. The Labute approximate surface area is 135 Å². The highest BCUT2D eigenvalue weighted by Gasteiger charge is 2.72. The maximum Gasteiger partial charge on any atom is 0.00599 e. The minimum Gasteiger partial charge on any atom is -0.0857 e. The molecular weight excluding hydrogens is 343 g/mol. The van der Waals surface area contributed by atoms with Gasteiger partial charge >= 0.3 is 0 Å². The first-order valence-corrected chi connectivity index (χ1v) is 9.15. The van der Waals surface area contributed by atoms with E-state index in [4.69, 9.17) is 0 Å². The molecule has 0 aromatic rings. The Morgan fingerprint density at radius 2 is 0.684 bits per heavy atom. The molecular formula is C18H35I. The van der Waals surface area contributed by atoms with Gasteiger partial charge in [0.2, 0.25) is 0 Å². The summed E-state index contributed by atoms with van der Waals surface area (Å²) < 4.78 is 1.22. The third-order valence-electron chi connectivity index (χ3n) is 9.28. The average molecular weight is 378 g/mol. The van der Waals surface area contributed by atoms with E-state index < -0.39 is 0 Å². The van der Waals surface area contributed by atoms with Crippen molar-refractivity contribution in [3.05, 3.63) is 0 Å².